The van der Waals surface area contributed by atoms with Gasteiger partial charge in [-0.1, -0.05) is 13.8 Å². The van der Waals surface area contributed by atoms with E-state index in [0.29, 0.717) is 37.0 Å². The van der Waals surface area contributed by atoms with Crippen LogP contribution in [0.1, 0.15) is 20.3 Å². The molecule has 2 aliphatic rings. The molecule has 0 saturated carbocycles. The molecule has 1 aromatic heterocycles. The summed E-state index contributed by atoms with van der Waals surface area (Å²) in [6.45, 7) is 9.57. The normalized spacial score (nSPS) is 27.0. The number of aromatic nitrogens is 3. The second-order valence-electron chi connectivity index (χ2n) is 6.08. The molecule has 3 heterocycles. The number of piperidine rings is 1. The number of nitrogen functional groups attached to an aromatic ring is 1. The molecule has 0 aliphatic carbocycles. The van der Waals surface area contributed by atoms with E-state index in [1.165, 1.54) is 6.42 Å². The van der Waals surface area contributed by atoms with Gasteiger partial charge < -0.3 is 20.3 Å². The van der Waals surface area contributed by atoms with Crippen molar-refractivity contribution in [3.8, 4) is 0 Å². The summed E-state index contributed by atoms with van der Waals surface area (Å²) in [5, 5.41) is 0. The zero-order valence-electron chi connectivity index (χ0n) is 12.8. The molecule has 0 aromatic carbocycles. The summed E-state index contributed by atoms with van der Waals surface area (Å²) in [4.78, 5) is 17.6. The summed E-state index contributed by atoms with van der Waals surface area (Å²) >= 11 is 0. The van der Waals surface area contributed by atoms with Crippen LogP contribution in [0.5, 0.6) is 0 Å². The van der Waals surface area contributed by atoms with Crippen LogP contribution in [0.25, 0.3) is 0 Å². The molecule has 116 valence electrons. The van der Waals surface area contributed by atoms with Gasteiger partial charge in [0.15, 0.2) is 0 Å². The Bertz CT molecular complexity index is 490. The maximum Gasteiger partial charge on any atom is 0.232 e. The number of nitrogens with zero attached hydrogens (tertiary/aromatic N) is 5. The summed E-state index contributed by atoms with van der Waals surface area (Å²) in [6.07, 6.45) is 1.17. The Morgan fingerprint density at radius 1 is 0.952 bits per heavy atom. The molecule has 1 aromatic rings. The molecule has 0 radical (unpaired) electrons. The van der Waals surface area contributed by atoms with Crippen LogP contribution >= 0.6 is 0 Å². The fourth-order valence-corrected chi connectivity index (χ4v) is 2.86. The Labute approximate surface area is 125 Å². The molecule has 2 unspecified atom stereocenters. The Balaban J connectivity index is 1.80. The number of morpholine rings is 1. The first-order chi connectivity index (χ1) is 10.1. The van der Waals surface area contributed by atoms with E-state index in [4.69, 9.17) is 10.5 Å². The first-order valence-electron chi connectivity index (χ1n) is 7.72. The molecule has 2 aliphatic heterocycles. The van der Waals surface area contributed by atoms with Crippen molar-refractivity contribution in [3.63, 3.8) is 0 Å². The molecule has 2 atom stereocenters. The van der Waals surface area contributed by atoms with E-state index >= 15 is 0 Å². The van der Waals surface area contributed by atoms with E-state index in [0.717, 1.165) is 32.1 Å². The van der Waals surface area contributed by atoms with Crippen molar-refractivity contribution >= 4 is 17.8 Å². The monoisotopic (exact) mass is 292 g/mol. The number of hydrogen-bond donors (Lipinski definition) is 1. The standard InChI is InChI=1S/C14H24N6O/c1-10-3-4-20(9-11(10)2)14-17-12(15)16-13(18-14)19-5-7-21-8-6-19/h10-11H,3-9H2,1-2H3,(H2,15,16,17,18). The summed E-state index contributed by atoms with van der Waals surface area (Å²) in [5.74, 6) is 3.07. The lowest BCUT2D eigenvalue weighted by atomic mass is 9.89. The maximum atomic E-state index is 5.89. The third-order valence-electron chi connectivity index (χ3n) is 4.54. The molecule has 0 amide bonds. The molecule has 7 nitrogen and oxygen atoms in total. The average molecular weight is 292 g/mol. The Morgan fingerprint density at radius 2 is 1.62 bits per heavy atom. The molecular weight excluding hydrogens is 268 g/mol. The minimum Gasteiger partial charge on any atom is -0.378 e. The third kappa shape index (κ3) is 3.18. The highest BCUT2D eigenvalue weighted by molar-refractivity contribution is 5.44. The highest BCUT2D eigenvalue weighted by Gasteiger charge is 2.25. The van der Waals surface area contributed by atoms with Crippen molar-refractivity contribution in [2.45, 2.75) is 20.3 Å². The van der Waals surface area contributed by atoms with Gasteiger partial charge in [-0.2, -0.15) is 15.0 Å². The molecule has 7 heteroatoms. The zero-order chi connectivity index (χ0) is 14.8. The van der Waals surface area contributed by atoms with E-state index < -0.39 is 0 Å². The van der Waals surface area contributed by atoms with Gasteiger partial charge in [-0.15, -0.1) is 0 Å². The van der Waals surface area contributed by atoms with Gasteiger partial charge in [0.2, 0.25) is 17.8 Å². The van der Waals surface area contributed by atoms with Gasteiger partial charge in [-0.3, -0.25) is 0 Å². The van der Waals surface area contributed by atoms with Crippen LogP contribution in [0, 0.1) is 11.8 Å². The number of hydrogen-bond acceptors (Lipinski definition) is 7. The lowest BCUT2D eigenvalue weighted by Gasteiger charge is -2.35. The lowest BCUT2D eigenvalue weighted by molar-refractivity contribution is 0.122. The van der Waals surface area contributed by atoms with Gasteiger partial charge in [-0.25, -0.2) is 0 Å². The van der Waals surface area contributed by atoms with Crippen molar-refractivity contribution < 1.29 is 4.74 Å². The SMILES string of the molecule is CC1CCN(c2nc(N)nc(N3CCOCC3)n2)CC1C. The van der Waals surface area contributed by atoms with E-state index in [-0.39, 0.29) is 0 Å². The highest BCUT2D eigenvalue weighted by atomic mass is 16.5. The number of anilines is 3. The number of rotatable bonds is 2. The van der Waals surface area contributed by atoms with Crippen molar-refractivity contribution in [1.82, 2.24) is 15.0 Å². The van der Waals surface area contributed by atoms with Crippen LogP contribution in [0.15, 0.2) is 0 Å². The molecular formula is C14H24N6O. The quantitative estimate of drug-likeness (QED) is 0.862. The minimum atomic E-state index is 0.299. The summed E-state index contributed by atoms with van der Waals surface area (Å²) in [5.41, 5.74) is 5.89. The molecule has 0 bridgehead atoms. The Hall–Kier alpha value is -1.63. The first kappa shape index (κ1) is 14.3. The summed E-state index contributed by atoms with van der Waals surface area (Å²) < 4.78 is 5.37. The largest absolute Gasteiger partial charge is 0.378 e. The molecule has 2 fully saturated rings. The first-order valence-corrected chi connectivity index (χ1v) is 7.72. The van der Waals surface area contributed by atoms with E-state index in [1.54, 1.807) is 0 Å². The average Bonchev–Trinajstić information content (AvgIpc) is 2.50. The highest BCUT2D eigenvalue weighted by Crippen LogP contribution is 2.26. The molecule has 3 rings (SSSR count). The minimum absolute atomic E-state index is 0.299. The van der Waals surface area contributed by atoms with Gasteiger partial charge in [0.05, 0.1) is 13.2 Å². The van der Waals surface area contributed by atoms with Crippen LogP contribution in [0.2, 0.25) is 0 Å². The molecule has 2 N–H and O–H groups in total. The Kier molecular flexibility index (Phi) is 4.10. The van der Waals surface area contributed by atoms with Crippen LogP contribution in [-0.2, 0) is 4.74 Å². The van der Waals surface area contributed by atoms with Crippen LogP contribution < -0.4 is 15.5 Å². The van der Waals surface area contributed by atoms with Gasteiger partial charge in [0, 0.05) is 26.2 Å². The predicted molar refractivity (Wildman–Crippen MR) is 82.4 cm³/mol. The fraction of sp³-hybridized carbons (Fsp3) is 0.786. The predicted octanol–water partition coefficient (Wildman–Crippen LogP) is 0.773. The third-order valence-corrected chi connectivity index (χ3v) is 4.54. The molecule has 21 heavy (non-hydrogen) atoms. The second-order valence-corrected chi connectivity index (χ2v) is 6.08. The summed E-state index contributed by atoms with van der Waals surface area (Å²) in [7, 11) is 0. The van der Waals surface area contributed by atoms with Crippen LogP contribution in [0.3, 0.4) is 0 Å². The lowest BCUT2D eigenvalue weighted by Crippen LogP contribution is -2.41. The van der Waals surface area contributed by atoms with Gasteiger partial charge >= 0.3 is 0 Å². The molecule has 2 saturated heterocycles. The van der Waals surface area contributed by atoms with Crippen molar-refractivity contribution in [1.29, 1.82) is 0 Å². The zero-order valence-corrected chi connectivity index (χ0v) is 12.8. The van der Waals surface area contributed by atoms with Gasteiger partial charge in [0.1, 0.15) is 0 Å². The maximum absolute atomic E-state index is 5.89. The van der Waals surface area contributed by atoms with Gasteiger partial charge in [0.25, 0.3) is 0 Å². The number of nitrogens with two attached hydrogens (primary N) is 1. The van der Waals surface area contributed by atoms with Crippen LogP contribution in [-0.4, -0.2) is 54.3 Å². The van der Waals surface area contributed by atoms with E-state index in [2.05, 4.69) is 38.6 Å². The van der Waals surface area contributed by atoms with Crippen LogP contribution in [0.4, 0.5) is 17.8 Å². The second kappa shape index (κ2) is 6.01. The van der Waals surface area contributed by atoms with E-state index in [9.17, 15) is 0 Å². The summed E-state index contributed by atoms with van der Waals surface area (Å²) in [6, 6.07) is 0. The smallest absolute Gasteiger partial charge is 0.232 e. The van der Waals surface area contributed by atoms with Gasteiger partial charge in [-0.05, 0) is 18.3 Å². The van der Waals surface area contributed by atoms with E-state index in [1.807, 2.05) is 0 Å². The fourth-order valence-electron chi connectivity index (χ4n) is 2.86. The topological polar surface area (TPSA) is 80.4 Å². The molecule has 0 spiro atoms. The number of ether oxygens (including phenoxy) is 1. The Morgan fingerprint density at radius 3 is 2.29 bits per heavy atom. The van der Waals surface area contributed by atoms with Crippen molar-refractivity contribution in [2.24, 2.45) is 11.8 Å². The van der Waals surface area contributed by atoms with Crippen molar-refractivity contribution in [3.05, 3.63) is 0 Å². The van der Waals surface area contributed by atoms with Crippen molar-refractivity contribution in [2.75, 3.05) is 54.9 Å².